The SMILES string of the molecule is O=C(/C=C/c1ccc(Cl)cc1Cl)NCc1csc(Cc2ccccc2)n1. The van der Waals surface area contributed by atoms with Crippen molar-refractivity contribution in [1.82, 2.24) is 10.3 Å². The Labute approximate surface area is 166 Å². The van der Waals surface area contributed by atoms with Gasteiger partial charge in [0.25, 0.3) is 0 Å². The maximum Gasteiger partial charge on any atom is 0.244 e. The number of thiazole rings is 1. The van der Waals surface area contributed by atoms with Crippen LogP contribution < -0.4 is 5.32 Å². The molecular formula is C20H16Cl2N2OS. The Morgan fingerprint density at radius 2 is 1.96 bits per heavy atom. The van der Waals surface area contributed by atoms with Gasteiger partial charge in [-0.05, 0) is 29.3 Å². The highest BCUT2D eigenvalue weighted by Gasteiger charge is 2.05. The van der Waals surface area contributed by atoms with Gasteiger partial charge in [-0.3, -0.25) is 4.79 Å². The molecule has 0 saturated carbocycles. The molecule has 0 aliphatic heterocycles. The van der Waals surface area contributed by atoms with Crippen molar-refractivity contribution >= 4 is 46.5 Å². The fourth-order valence-electron chi connectivity index (χ4n) is 2.32. The highest BCUT2D eigenvalue weighted by molar-refractivity contribution is 7.09. The molecule has 0 atom stereocenters. The van der Waals surface area contributed by atoms with Gasteiger partial charge in [0, 0.05) is 27.9 Å². The number of hydrogen-bond donors (Lipinski definition) is 1. The smallest absolute Gasteiger partial charge is 0.244 e. The molecule has 6 heteroatoms. The van der Waals surface area contributed by atoms with Gasteiger partial charge in [0.2, 0.25) is 5.91 Å². The molecule has 0 fully saturated rings. The lowest BCUT2D eigenvalue weighted by Crippen LogP contribution is -2.20. The number of aromatic nitrogens is 1. The second-order valence-corrected chi connectivity index (χ2v) is 7.40. The van der Waals surface area contributed by atoms with Crippen molar-refractivity contribution in [1.29, 1.82) is 0 Å². The molecule has 0 unspecified atom stereocenters. The van der Waals surface area contributed by atoms with Crippen LogP contribution in [0.4, 0.5) is 0 Å². The molecule has 3 rings (SSSR count). The minimum absolute atomic E-state index is 0.200. The largest absolute Gasteiger partial charge is 0.347 e. The number of benzene rings is 2. The summed E-state index contributed by atoms with van der Waals surface area (Å²) in [4.78, 5) is 16.5. The molecule has 26 heavy (non-hydrogen) atoms. The molecule has 1 N–H and O–H groups in total. The fraction of sp³-hybridized carbons (Fsp3) is 0.100. The summed E-state index contributed by atoms with van der Waals surface area (Å²) in [5.41, 5.74) is 2.82. The van der Waals surface area contributed by atoms with E-state index in [1.165, 1.54) is 11.6 Å². The Morgan fingerprint density at radius 3 is 2.73 bits per heavy atom. The Morgan fingerprint density at radius 1 is 1.15 bits per heavy atom. The van der Waals surface area contributed by atoms with Crippen molar-refractivity contribution in [3.63, 3.8) is 0 Å². The summed E-state index contributed by atoms with van der Waals surface area (Å²) in [7, 11) is 0. The quantitative estimate of drug-likeness (QED) is 0.563. The molecular weight excluding hydrogens is 387 g/mol. The molecule has 0 aliphatic rings. The highest BCUT2D eigenvalue weighted by atomic mass is 35.5. The predicted octanol–water partition coefficient (Wildman–Crippen LogP) is 5.37. The van der Waals surface area contributed by atoms with E-state index in [1.807, 2.05) is 23.6 Å². The molecule has 3 aromatic rings. The molecule has 0 spiro atoms. The van der Waals surface area contributed by atoms with Crippen molar-refractivity contribution in [2.75, 3.05) is 0 Å². The molecule has 0 bridgehead atoms. The fourth-order valence-corrected chi connectivity index (χ4v) is 3.62. The van der Waals surface area contributed by atoms with Gasteiger partial charge in [0.15, 0.2) is 0 Å². The van der Waals surface area contributed by atoms with Gasteiger partial charge in [-0.25, -0.2) is 4.98 Å². The Balaban J connectivity index is 1.52. The molecule has 132 valence electrons. The van der Waals surface area contributed by atoms with Crippen LogP contribution in [-0.2, 0) is 17.8 Å². The maximum atomic E-state index is 12.0. The summed E-state index contributed by atoms with van der Waals surface area (Å²) in [6.45, 7) is 0.392. The summed E-state index contributed by atoms with van der Waals surface area (Å²) in [6.07, 6.45) is 3.91. The van der Waals surface area contributed by atoms with Gasteiger partial charge in [0.1, 0.15) is 0 Å². The minimum atomic E-state index is -0.200. The van der Waals surface area contributed by atoms with E-state index in [0.717, 1.165) is 22.7 Å². The van der Waals surface area contributed by atoms with E-state index in [4.69, 9.17) is 23.2 Å². The molecule has 0 saturated heterocycles. The van der Waals surface area contributed by atoms with Crippen LogP contribution in [-0.4, -0.2) is 10.9 Å². The molecule has 1 aromatic heterocycles. The van der Waals surface area contributed by atoms with E-state index in [2.05, 4.69) is 22.4 Å². The number of halogens is 2. The Kier molecular flexibility index (Phi) is 6.45. The second kappa shape index (κ2) is 8.99. The zero-order chi connectivity index (χ0) is 18.4. The van der Waals surface area contributed by atoms with Crippen molar-refractivity contribution in [3.05, 3.63) is 91.9 Å². The van der Waals surface area contributed by atoms with Gasteiger partial charge < -0.3 is 5.32 Å². The lowest BCUT2D eigenvalue weighted by molar-refractivity contribution is -0.116. The number of nitrogens with one attached hydrogen (secondary N) is 1. The lowest BCUT2D eigenvalue weighted by Gasteiger charge is -2.01. The first kappa shape index (κ1) is 18.6. The lowest BCUT2D eigenvalue weighted by atomic mass is 10.2. The maximum absolute atomic E-state index is 12.0. The first-order valence-electron chi connectivity index (χ1n) is 7.98. The van der Waals surface area contributed by atoms with E-state index in [0.29, 0.717) is 16.6 Å². The number of rotatable bonds is 6. The number of amides is 1. The number of carbonyl (C=O) groups is 1. The monoisotopic (exact) mass is 402 g/mol. The highest BCUT2D eigenvalue weighted by Crippen LogP contribution is 2.22. The molecule has 1 heterocycles. The van der Waals surface area contributed by atoms with Gasteiger partial charge in [-0.15, -0.1) is 11.3 Å². The minimum Gasteiger partial charge on any atom is -0.347 e. The number of nitrogens with zero attached hydrogens (tertiary/aromatic N) is 1. The van der Waals surface area contributed by atoms with Crippen LogP contribution in [0.15, 0.2) is 60.0 Å². The van der Waals surface area contributed by atoms with E-state index in [-0.39, 0.29) is 5.91 Å². The van der Waals surface area contributed by atoms with Crippen LogP contribution in [0.3, 0.4) is 0 Å². The molecule has 1 amide bonds. The van der Waals surface area contributed by atoms with Crippen LogP contribution in [0.1, 0.15) is 21.8 Å². The Hall–Kier alpha value is -2.14. The van der Waals surface area contributed by atoms with E-state index in [1.54, 1.807) is 35.6 Å². The summed E-state index contributed by atoms with van der Waals surface area (Å²) in [5, 5.41) is 6.90. The third kappa shape index (κ3) is 5.43. The number of carbonyl (C=O) groups excluding carboxylic acids is 1. The van der Waals surface area contributed by atoms with E-state index in [9.17, 15) is 4.79 Å². The molecule has 2 aromatic carbocycles. The summed E-state index contributed by atoms with van der Waals surface area (Å²) in [5.74, 6) is -0.200. The third-order valence-electron chi connectivity index (χ3n) is 3.62. The van der Waals surface area contributed by atoms with Crippen LogP contribution in [0.5, 0.6) is 0 Å². The summed E-state index contributed by atoms with van der Waals surface area (Å²) < 4.78 is 0. The summed E-state index contributed by atoms with van der Waals surface area (Å²) in [6, 6.07) is 15.3. The van der Waals surface area contributed by atoms with Crippen LogP contribution >= 0.6 is 34.5 Å². The van der Waals surface area contributed by atoms with Gasteiger partial charge in [-0.1, -0.05) is 59.6 Å². The third-order valence-corrected chi connectivity index (χ3v) is 5.08. The molecule has 3 nitrogen and oxygen atoms in total. The van der Waals surface area contributed by atoms with Crippen LogP contribution in [0.25, 0.3) is 6.08 Å². The average molecular weight is 403 g/mol. The standard InChI is InChI=1S/C20H16Cl2N2OS/c21-16-8-6-15(18(22)11-16)7-9-19(25)23-12-17-13-26-20(24-17)10-14-4-2-1-3-5-14/h1-9,11,13H,10,12H2,(H,23,25)/b9-7+. The summed E-state index contributed by atoms with van der Waals surface area (Å²) >= 11 is 13.5. The van der Waals surface area contributed by atoms with Crippen molar-refractivity contribution in [2.24, 2.45) is 0 Å². The van der Waals surface area contributed by atoms with Crippen LogP contribution in [0.2, 0.25) is 10.0 Å². The number of hydrogen-bond acceptors (Lipinski definition) is 3. The van der Waals surface area contributed by atoms with Crippen molar-refractivity contribution < 1.29 is 4.79 Å². The first-order chi connectivity index (χ1) is 12.6. The van der Waals surface area contributed by atoms with Crippen molar-refractivity contribution in [3.8, 4) is 0 Å². The topological polar surface area (TPSA) is 42.0 Å². The van der Waals surface area contributed by atoms with Gasteiger partial charge in [0.05, 0.1) is 17.2 Å². The first-order valence-corrected chi connectivity index (χ1v) is 9.62. The van der Waals surface area contributed by atoms with Gasteiger partial charge in [-0.2, -0.15) is 0 Å². The van der Waals surface area contributed by atoms with Crippen molar-refractivity contribution in [2.45, 2.75) is 13.0 Å². The zero-order valence-electron chi connectivity index (χ0n) is 13.8. The van der Waals surface area contributed by atoms with Crippen LogP contribution in [0, 0.1) is 0 Å². The zero-order valence-corrected chi connectivity index (χ0v) is 16.1. The van der Waals surface area contributed by atoms with E-state index < -0.39 is 0 Å². The Bertz CT molecular complexity index is 923. The second-order valence-electron chi connectivity index (χ2n) is 5.61. The normalized spacial score (nSPS) is 11.0. The van der Waals surface area contributed by atoms with Gasteiger partial charge >= 0.3 is 0 Å². The van der Waals surface area contributed by atoms with E-state index >= 15 is 0 Å². The average Bonchev–Trinajstić information content (AvgIpc) is 3.07. The predicted molar refractivity (Wildman–Crippen MR) is 109 cm³/mol. The molecule has 0 aliphatic carbocycles. The molecule has 0 radical (unpaired) electrons.